The summed E-state index contributed by atoms with van der Waals surface area (Å²) in [4.78, 5) is 0. The van der Waals surface area contributed by atoms with Gasteiger partial charge in [-0.05, 0) is 31.9 Å². The van der Waals surface area contributed by atoms with Gasteiger partial charge in [-0.25, -0.2) is 0 Å². The van der Waals surface area contributed by atoms with Gasteiger partial charge in [0.15, 0.2) is 0 Å². The number of phenolic OH excluding ortho intramolecular Hbond substituents is 1. The van der Waals surface area contributed by atoms with Crippen LogP contribution in [0.2, 0.25) is 0 Å². The lowest BCUT2D eigenvalue weighted by molar-refractivity contribution is 0.232. The maximum Gasteiger partial charge on any atom is 0.126 e. The van der Waals surface area contributed by atoms with Gasteiger partial charge < -0.3 is 15.6 Å². The standard InChI is InChI=1S/C12H17NO2/c1-12(2,13)10-5-6-15-11-7-8(14)3-4-9(10)11/h3-4,7,10,14H,5-6,13H2,1-2H3. The van der Waals surface area contributed by atoms with E-state index in [0.717, 1.165) is 17.7 Å². The Labute approximate surface area is 89.9 Å². The summed E-state index contributed by atoms with van der Waals surface area (Å²) in [6.07, 6.45) is 0.932. The van der Waals surface area contributed by atoms with Gasteiger partial charge in [-0.1, -0.05) is 6.07 Å². The first-order valence-corrected chi connectivity index (χ1v) is 5.23. The normalized spacial score (nSPS) is 20.6. The lowest BCUT2D eigenvalue weighted by Crippen LogP contribution is -2.41. The summed E-state index contributed by atoms with van der Waals surface area (Å²) in [6, 6.07) is 5.25. The predicted molar refractivity (Wildman–Crippen MR) is 59.2 cm³/mol. The highest BCUT2D eigenvalue weighted by molar-refractivity contribution is 5.44. The Morgan fingerprint density at radius 1 is 1.47 bits per heavy atom. The molecule has 1 unspecified atom stereocenters. The van der Waals surface area contributed by atoms with Crippen molar-refractivity contribution in [3.8, 4) is 11.5 Å². The molecule has 0 spiro atoms. The second-order valence-corrected chi connectivity index (χ2v) is 4.73. The first kappa shape index (κ1) is 10.3. The van der Waals surface area contributed by atoms with Crippen LogP contribution in [0, 0.1) is 0 Å². The van der Waals surface area contributed by atoms with Gasteiger partial charge in [0.25, 0.3) is 0 Å². The van der Waals surface area contributed by atoms with Crippen molar-refractivity contribution in [2.24, 2.45) is 5.73 Å². The van der Waals surface area contributed by atoms with Crippen LogP contribution in [-0.4, -0.2) is 17.3 Å². The van der Waals surface area contributed by atoms with Gasteiger partial charge in [0.1, 0.15) is 11.5 Å². The quantitative estimate of drug-likeness (QED) is 0.740. The first-order valence-electron chi connectivity index (χ1n) is 5.23. The average Bonchev–Trinajstić information content (AvgIpc) is 2.15. The Kier molecular flexibility index (Phi) is 2.35. The number of benzene rings is 1. The van der Waals surface area contributed by atoms with Crippen LogP contribution < -0.4 is 10.5 Å². The molecule has 1 atom stereocenters. The van der Waals surface area contributed by atoms with Crippen LogP contribution in [0.25, 0.3) is 0 Å². The Morgan fingerprint density at radius 2 is 2.20 bits per heavy atom. The number of hydrogen-bond acceptors (Lipinski definition) is 3. The van der Waals surface area contributed by atoms with Crippen LogP contribution in [0.15, 0.2) is 18.2 Å². The third kappa shape index (κ3) is 1.92. The lowest BCUT2D eigenvalue weighted by atomic mass is 9.79. The molecule has 0 saturated heterocycles. The molecule has 0 saturated carbocycles. The fraction of sp³-hybridized carbons (Fsp3) is 0.500. The largest absolute Gasteiger partial charge is 0.508 e. The third-order valence-electron chi connectivity index (χ3n) is 2.93. The molecule has 0 bridgehead atoms. The SMILES string of the molecule is CC(C)(N)C1CCOc2cc(O)ccc21. The second kappa shape index (κ2) is 3.42. The average molecular weight is 207 g/mol. The first-order chi connectivity index (χ1) is 6.98. The lowest BCUT2D eigenvalue weighted by Gasteiger charge is -2.35. The Bertz CT molecular complexity index is 368. The van der Waals surface area contributed by atoms with Crippen molar-refractivity contribution in [2.75, 3.05) is 6.61 Å². The number of hydrogen-bond donors (Lipinski definition) is 2. The highest BCUT2D eigenvalue weighted by Crippen LogP contribution is 2.40. The molecule has 1 aromatic carbocycles. The van der Waals surface area contributed by atoms with Gasteiger partial charge in [-0.3, -0.25) is 0 Å². The highest BCUT2D eigenvalue weighted by atomic mass is 16.5. The molecule has 1 heterocycles. The van der Waals surface area contributed by atoms with E-state index in [4.69, 9.17) is 10.5 Å². The zero-order chi connectivity index (χ0) is 11.1. The highest BCUT2D eigenvalue weighted by Gasteiger charge is 2.31. The maximum atomic E-state index is 9.37. The number of phenols is 1. The Balaban J connectivity index is 2.43. The molecule has 3 N–H and O–H groups in total. The molecule has 15 heavy (non-hydrogen) atoms. The molecule has 3 heteroatoms. The smallest absolute Gasteiger partial charge is 0.126 e. The Hall–Kier alpha value is -1.22. The molecule has 0 fully saturated rings. The molecule has 0 radical (unpaired) electrons. The van der Waals surface area contributed by atoms with Crippen molar-refractivity contribution in [3.05, 3.63) is 23.8 Å². The van der Waals surface area contributed by atoms with Crippen LogP contribution in [0.1, 0.15) is 31.7 Å². The Morgan fingerprint density at radius 3 is 2.87 bits per heavy atom. The summed E-state index contributed by atoms with van der Waals surface area (Å²) in [5.41, 5.74) is 6.99. The van der Waals surface area contributed by atoms with E-state index in [0.29, 0.717) is 12.5 Å². The van der Waals surface area contributed by atoms with E-state index in [-0.39, 0.29) is 11.3 Å². The summed E-state index contributed by atoms with van der Waals surface area (Å²) in [7, 11) is 0. The van der Waals surface area contributed by atoms with E-state index in [1.807, 2.05) is 19.9 Å². The van der Waals surface area contributed by atoms with Gasteiger partial charge in [-0.2, -0.15) is 0 Å². The number of ether oxygens (including phenoxy) is 1. The van der Waals surface area contributed by atoms with Crippen LogP contribution in [0.5, 0.6) is 11.5 Å². The number of fused-ring (bicyclic) bond motifs is 1. The van der Waals surface area contributed by atoms with Crippen molar-refractivity contribution in [3.63, 3.8) is 0 Å². The van der Waals surface area contributed by atoms with E-state index in [2.05, 4.69) is 0 Å². The van der Waals surface area contributed by atoms with E-state index in [1.54, 1.807) is 12.1 Å². The van der Waals surface area contributed by atoms with Gasteiger partial charge >= 0.3 is 0 Å². The van der Waals surface area contributed by atoms with Gasteiger partial charge in [0, 0.05) is 17.5 Å². The van der Waals surface area contributed by atoms with Gasteiger partial charge in [0.2, 0.25) is 0 Å². The molecular weight excluding hydrogens is 190 g/mol. The summed E-state index contributed by atoms with van der Waals surface area (Å²) in [6.45, 7) is 4.72. The van der Waals surface area contributed by atoms with E-state index >= 15 is 0 Å². The molecule has 82 valence electrons. The van der Waals surface area contributed by atoms with Crippen molar-refractivity contribution < 1.29 is 9.84 Å². The van der Waals surface area contributed by atoms with E-state index < -0.39 is 0 Å². The monoisotopic (exact) mass is 207 g/mol. The minimum absolute atomic E-state index is 0.240. The summed E-state index contributed by atoms with van der Waals surface area (Å²) < 4.78 is 5.51. The van der Waals surface area contributed by atoms with Crippen LogP contribution in [0.4, 0.5) is 0 Å². The number of aromatic hydroxyl groups is 1. The van der Waals surface area contributed by atoms with Crippen molar-refractivity contribution in [1.29, 1.82) is 0 Å². The topological polar surface area (TPSA) is 55.5 Å². The van der Waals surface area contributed by atoms with Crippen molar-refractivity contribution >= 4 is 0 Å². The zero-order valence-corrected chi connectivity index (χ0v) is 9.16. The van der Waals surface area contributed by atoms with E-state index in [1.165, 1.54) is 0 Å². The molecular formula is C12H17NO2. The third-order valence-corrected chi connectivity index (χ3v) is 2.93. The molecule has 0 aromatic heterocycles. The maximum absolute atomic E-state index is 9.37. The number of rotatable bonds is 1. The van der Waals surface area contributed by atoms with Gasteiger partial charge in [-0.15, -0.1) is 0 Å². The summed E-state index contributed by atoms with van der Waals surface area (Å²) in [5.74, 6) is 1.30. The fourth-order valence-corrected chi connectivity index (χ4v) is 2.15. The summed E-state index contributed by atoms with van der Waals surface area (Å²) in [5, 5.41) is 9.37. The summed E-state index contributed by atoms with van der Waals surface area (Å²) >= 11 is 0. The second-order valence-electron chi connectivity index (χ2n) is 4.73. The van der Waals surface area contributed by atoms with Gasteiger partial charge in [0.05, 0.1) is 6.61 Å². The molecule has 1 aliphatic rings. The fourth-order valence-electron chi connectivity index (χ4n) is 2.15. The van der Waals surface area contributed by atoms with Crippen LogP contribution in [-0.2, 0) is 0 Å². The van der Waals surface area contributed by atoms with Crippen molar-refractivity contribution in [2.45, 2.75) is 31.7 Å². The minimum Gasteiger partial charge on any atom is -0.508 e. The molecule has 3 nitrogen and oxygen atoms in total. The molecule has 0 aliphatic carbocycles. The molecule has 2 rings (SSSR count). The molecule has 1 aliphatic heterocycles. The van der Waals surface area contributed by atoms with Crippen LogP contribution >= 0.6 is 0 Å². The van der Waals surface area contributed by atoms with Crippen LogP contribution in [0.3, 0.4) is 0 Å². The van der Waals surface area contributed by atoms with Crippen molar-refractivity contribution in [1.82, 2.24) is 0 Å². The van der Waals surface area contributed by atoms with E-state index in [9.17, 15) is 5.11 Å². The predicted octanol–water partition coefficient (Wildman–Crippen LogP) is 2.00. The molecule has 1 aromatic rings. The minimum atomic E-state index is -0.254. The number of nitrogens with two attached hydrogens (primary N) is 1. The zero-order valence-electron chi connectivity index (χ0n) is 9.16. The molecule has 0 amide bonds.